The number of aromatic nitrogens is 1. The van der Waals surface area contributed by atoms with E-state index in [1.54, 1.807) is 0 Å². The molecule has 1 N–H and O–H groups in total. The number of hydrogen-bond acceptors (Lipinski definition) is 5. The predicted octanol–water partition coefficient (Wildman–Crippen LogP) is 2.81. The fraction of sp³-hybridized carbons (Fsp3) is 0.800. The van der Waals surface area contributed by atoms with E-state index in [2.05, 4.69) is 31.0 Å². The average Bonchev–Trinajstić information content (AvgIpc) is 2.80. The third-order valence-electron chi connectivity index (χ3n) is 3.77. The van der Waals surface area contributed by atoms with E-state index in [9.17, 15) is 0 Å². The lowest BCUT2D eigenvalue weighted by molar-refractivity contribution is 0.0819. The maximum absolute atomic E-state index is 5.43. The van der Waals surface area contributed by atoms with Gasteiger partial charge in [0.05, 0.1) is 11.8 Å². The summed E-state index contributed by atoms with van der Waals surface area (Å²) in [6.45, 7) is 10.7. The highest BCUT2D eigenvalue weighted by molar-refractivity contribution is 7.15. The fourth-order valence-electron chi connectivity index (χ4n) is 2.47. The summed E-state index contributed by atoms with van der Waals surface area (Å²) in [5, 5.41) is 4.69. The van der Waals surface area contributed by atoms with Crippen molar-refractivity contribution in [3.63, 3.8) is 0 Å². The van der Waals surface area contributed by atoms with E-state index in [1.807, 2.05) is 18.4 Å². The highest BCUT2D eigenvalue weighted by Gasteiger charge is 2.21. The molecule has 0 atom stereocenters. The Balaban J connectivity index is 1.90. The molecule has 0 radical (unpaired) electrons. The SMILES string of the molecule is COC1CCN(c2nc(C)c(CNCC(C)C)s2)CC1. The molecule has 1 aliphatic rings. The van der Waals surface area contributed by atoms with Crippen LogP contribution in [0, 0.1) is 12.8 Å². The topological polar surface area (TPSA) is 37.4 Å². The van der Waals surface area contributed by atoms with Crippen LogP contribution in [0.4, 0.5) is 5.13 Å². The maximum Gasteiger partial charge on any atom is 0.185 e. The van der Waals surface area contributed by atoms with E-state index in [0.717, 1.165) is 39.0 Å². The number of aryl methyl sites for hydroxylation is 1. The van der Waals surface area contributed by atoms with Gasteiger partial charge in [0.15, 0.2) is 5.13 Å². The van der Waals surface area contributed by atoms with Gasteiger partial charge in [-0.2, -0.15) is 0 Å². The lowest BCUT2D eigenvalue weighted by atomic mass is 10.1. The molecule has 1 fully saturated rings. The Hall–Kier alpha value is -0.650. The van der Waals surface area contributed by atoms with Crippen LogP contribution in [-0.4, -0.2) is 37.8 Å². The summed E-state index contributed by atoms with van der Waals surface area (Å²) in [7, 11) is 1.81. The van der Waals surface area contributed by atoms with Gasteiger partial charge in [0.2, 0.25) is 0 Å². The molecule has 5 heteroatoms. The summed E-state index contributed by atoms with van der Waals surface area (Å²) in [4.78, 5) is 8.52. The second-order valence-corrected chi connectivity index (χ2v) is 7.01. The average molecular weight is 297 g/mol. The fourth-order valence-corrected chi connectivity index (χ4v) is 3.55. The second kappa shape index (κ2) is 7.38. The normalized spacial score (nSPS) is 17.1. The van der Waals surface area contributed by atoms with Crippen molar-refractivity contribution in [3.05, 3.63) is 10.6 Å². The number of piperidine rings is 1. The molecule has 0 aromatic carbocycles. The minimum absolute atomic E-state index is 0.430. The Morgan fingerprint density at radius 1 is 1.40 bits per heavy atom. The van der Waals surface area contributed by atoms with Crippen molar-refractivity contribution in [2.45, 2.75) is 46.3 Å². The van der Waals surface area contributed by atoms with Crippen LogP contribution in [0.15, 0.2) is 0 Å². The first-order valence-electron chi connectivity index (χ1n) is 7.55. The van der Waals surface area contributed by atoms with Crippen LogP contribution < -0.4 is 10.2 Å². The molecule has 2 heterocycles. The Morgan fingerprint density at radius 3 is 2.70 bits per heavy atom. The third-order valence-corrected chi connectivity index (χ3v) is 4.98. The van der Waals surface area contributed by atoms with Crippen LogP contribution in [0.5, 0.6) is 0 Å². The summed E-state index contributed by atoms with van der Waals surface area (Å²) in [6, 6.07) is 0. The molecule has 1 saturated heterocycles. The van der Waals surface area contributed by atoms with E-state index < -0.39 is 0 Å². The number of nitrogens with one attached hydrogen (secondary N) is 1. The van der Waals surface area contributed by atoms with Gasteiger partial charge in [-0.15, -0.1) is 11.3 Å². The molecule has 20 heavy (non-hydrogen) atoms. The van der Waals surface area contributed by atoms with Gasteiger partial charge in [0.1, 0.15) is 0 Å². The van der Waals surface area contributed by atoms with Crippen molar-refractivity contribution >= 4 is 16.5 Å². The molecule has 0 aliphatic carbocycles. The first-order valence-corrected chi connectivity index (χ1v) is 8.36. The molecule has 0 saturated carbocycles. The summed E-state index contributed by atoms with van der Waals surface area (Å²) in [5.41, 5.74) is 1.18. The number of rotatable bonds is 6. The van der Waals surface area contributed by atoms with Crippen molar-refractivity contribution in [3.8, 4) is 0 Å². The van der Waals surface area contributed by atoms with Crippen molar-refractivity contribution in [1.82, 2.24) is 10.3 Å². The van der Waals surface area contributed by atoms with Crippen molar-refractivity contribution in [2.75, 3.05) is 31.6 Å². The zero-order valence-electron chi connectivity index (χ0n) is 13.1. The standard InChI is InChI=1S/C15H27N3OS/c1-11(2)9-16-10-14-12(3)17-15(20-14)18-7-5-13(19-4)6-8-18/h11,13,16H,5-10H2,1-4H3. The maximum atomic E-state index is 5.43. The first-order chi connectivity index (χ1) is 9.60. The molecular weight excluding hydrogens is 270 g/mol. The zero-order chi connectivity index (χ0) is 14.5. The van der Waals surface area contributed by atoms with Gasteiger partial charge < -0.3 is 15.0 Å². The van der Waals surface area contributed by atoms with Gasteiger partial charge >= 0.3 is 0 Å². The van der Waals surface area contributed by atoms with Crippen molar-refractivity contribution < 1.29 is 4.74 Å². The van der Waals surface area contributed by atoms with Crippen LogP contribution in [0.25, 0.3) is 0 Å². The van der Waals surface area contributed by atoms with Gasteiger partial charge in [0, 0.05) is 31.6 Å². The second-order valence-electron chi connectivity index (χ2n) is 5.95. The van der Waals surface area contributed by atoms with Gasteiger partial charge in [0.25, 0.3) is 0 Å². The molecule has 1 aromatic rings. The molecule has 4 nitrogen and oxygen atoms in total. The minimum atomic E-state index is 0.430. The minimum Gasteiger partial charge on any atom is -0.381 e. The zero-order valence-corrected chi connectivity index (χ0v) is 13.9. The Morgan fingerprint density at radius 2 is 2.10 bits per heavy atom. The van der Waals surface area contributed by atoms with E-state index in [-0.39, 0.29) is 0 Å². The van der Waals surface area contributed by atoms with E-state index in [1.165, 1.54) is 15.7 Å². The number of hydrogen-bond donors (Lipinski definition) is 1. The largest absolute Gasteiger partial charge is 0.381 e. The number of nitrogens with zero attached hydrogens (tertiary/aromatic N) is 2. The summed E-state index contributed by atoms with van der Waals surface area (Å²) in [6.07, 6.45) is 2.64. The first kappa shape index (κ1) is 15.7. The predicted molar refractivity (Wildman–Crippen MR) is 85.6 cm³/mol. The van der Waals surface area contributed by atoms with Crippen molar-refractivity contribution in [2.24, 2.45) is 5.92 Å². The molecular formula is C15H27N3OS. The summed E-state index contributed by atoms with van der Waals surface area (Å²) >= 11 is 1.84. The molecule has 114 valence electrons. The smallest absolute Gasteiger partial charge is 0.185 e. The van der Waals surface area contributed by atoms with Gasteiger partial charge in [-0.25, -0.2) is 4.98 Å². The number of ether oxygens (including phenoxy) is 1. The van der Waals surface area contributed by atoms with Gasteiger partial charge in [-0.3, -0.25) is 0 Å². The van der Waals surface area contributed by atoms with Crippen LogP contribution in [0.1, 0.15) is 37.3 Å². The van der Waals surface area contributed by atoms with E-state index in [4.69, 9.17) is 9.72 Å². The van der Waals surface area contributed by atoms with E-state index in [0.29, 0.717) is 12.0 Å². The van der Waals surface area contributed by atoms with Crippen molar-refractivity contribution in [1.29, 1.82) is 0 Å². The molecule has 1 aromatic heterocycles. The molecule has 0 spiro atoms. The lowest BCUT2D eigenvalue weighted by Crippen LogP contribution is -2.36. The Kier molecular flexibility index (Phi) is 5.81. The molecule has 1 aliphatic heterocycles. The molecule has 0 bridgehead atoms. The summed E-state index contributed by atoms with van der Waals surface area (Å²) < 4.78 is 5.43. The monoisotopic (exact) mass is 297 g/mol. The molecule has 0 unspecified atom stereocenters. The number of thiazole rings is 1. The highest BCUT2D eigenvalue weighted by atomic mass is 32.1. The quantitative estimate of drug-likeness (QED) is 0.876. The Labute approximate surface area is 126 Å². The molecule has 2 rings (SSSR count). The lowest BCUT2D eigenvalue weighted by Gasteiger charge is -2.30. The number of anilines is 1. The van der Waals surface area contributed by atoms with Gasteiger partial charge in [-0.1, -0.05) is 13.8 Å². The summed E-state index contributed by atoms with van der Waals surface area (Å²) in [5.74, 6) is 0.691. The Bertz CT molecular complexity index is 411. The van der Waals surface area contributed by atoms with Crippen LogP contribution in [0.3, 0.4) is 0 Å². The van der Waals surface area contributed by atoms with Crippen LogP contribution in [-0.2, 0) is 11.3 Å². The van der Waals surface area contributed by atoms with E-state index >= 15 is 0 Å². The number of methoxy groups -OCH3 is 1. The third kappa shape index (κ3) is 4.17. The molecule has 0 amide bonds. The highest BCUT2D eigenvalue weighted by Crippen LogP contribution is 2.28. The van der Waals surface area contributed by atoms with Crippen LogP contribution in [0.2, 0.25) is 0 Å². The van der Waals surface area contributed by atoms with Crippen LogP contribution >= 0.6 is 11.3 Å². The van der Waals surface area contributed by atoms with Gasteiger partial charge in [-0.05, 0) is 32.2 Å².